The number of para-hydroxylation sites is 1. The van der Waals surface area contributed by atoms with Crippen LogP contribution in [0.15, 0.2) is 24.3 Å². The van der Waals surface area contributed by atoms with Gasteiger partial charge in [0, 0.05) is 12.5 Å². The molecule has 4 nitrogen and oxygen atoms in total. The third kappa shape index (κ3) is 5.54. The summed E-state index contributed by atoms with van der Waals surface area (Å²) in [6, 6.07) is 8.18. The van der Waals surface area contributed by atoms with E-state index in [1.54, 1.807) is 7.11 Å². The Balaban J connectivity index is 1.88. The molecule has 0 saturated carbocycles. The maximum Gasteiger partial charge on any atom is 0.220 e. The van der Waals surface area contributed by atoms with E-state index < -0.39 is 0 Å². The Morgan fingerprint density at radius 2 is 2.17 bits per heavy atom. The van der Waals surface area contributed by atoms with Crippen LogP contribution in [0.3, 0.4) is 0 Å². The monoisotopic (exact) mass is 318 g/mol. The molecule has 4 heteroatoms. The van der Waals surface area contributed by atoms with Crippen molar-refractivity contribution in [1.29, 1.82) is 0 Å². The zero-order valence-electron chi connectivity index (χ0n) is 14.6. The normalized spacial score (nSPS) is 18.9. The minimum atomic E-state index is 0.139. The number of carbonyl (C=O) groups is 1. The van der Waals surface area contributed by atoms with Crippen LogP contribution in [-0.2, 0) is 11.2 Å². The molecule has 1 aromatic carbocycles. The average molecular weight is 318 g/mol. The van der Waals surface area contributed by atoms with Crippen molar-refractivity contribution in [3.8, 4) is 5.75 Å². The fourth-order valence-electron chi connectivity index (χ4n) is 3.14. The maximum atomic E-state index is 12.3. The van der Waals surface area contributed by atoms with E-state index in [1.165, 1.54) is 6.42 Å². The lowest BCUT2D eigenvalue weighted by Crippen LogP contribution is -2.40. The highest BCUT2D eigenvalue weighted by Gasteiger charge is 2.20. The first kappa shape index (κ1) is 17.8. The van der Waals surface area contributed by atoms with E-state index in [0.717, 1.165) is 37.2 Å². The van der Waals surface area contributed by atoms with Gasteiger partial charge in [0.1, 0.15) is 5.75 Å². The van der Waals surface area contributed by atoms with E-state index in [4.69, 9.17) is 4.74 Å². The molecule has 0 radical (unpaired) electrons. The van der Waals surface area contributed by atoms with Crippen molar-refractivity contribution in [1.82, 2.24) is 10.6 Å². The maximum absolute atomic E-state index is 12.3. The number of hydrogen-bond donors (Lipinski definition) is 2. The van der Waals surface area contributed by atoms with E-state index in [9.17, 15) is 4.79 Å². The van der Waals surface area contributed by atoms with Crippen LogP contribution in [0.2, 0.25) is 0 Å². The van der Waals surface area contributed by atoms with Gasteiger partial charge in [0.2, 0.25) is 5.91 Å². The minimum Gasteiger partial charge on any atom is -0.496 e. The molecule has 23 heavy (non-hydrogen) atoms. The molecule has 1 aliphatic rings. The molecule has 1 heterocycles. The second kappa shape index (κ2) is 8.92. The Labute approximate surface area is 140 Å². The summed E-state index contributed by atoms with van der Waals surface area (Å²) in [6.07, 6.45) is 3.61. The van der Waals surface area contributed by atoms with Crippen LogP contribution in [0.4, 0.5) is 0 Å². The van der Waals surface area contributed by atoms with Gasteiger partial charge in [-0.15, -0.1) is 0 Å². The second-order valence-corrected chi connectivity index (χ2v) is 6.83. The lowest BCUT2D eigenvalue weighted by atomic mass is 9.95. The lowest BCUT2D eigenvalue weighted by molar-refractivity contribution is -0.122. The molecule has 0 aromatic heterocycles. The number of hydrogen-bond acceptors (Lipinski definition) is 3. The molecule has 2 atom stereocenters. The van der Waals surface area contributed by atoms with E-state index >= 15 is 0 Å². The number of methoxy groups -OCH3 is 1. The zero-order chi connectivity index (χ0) is 16.7. The Hall–Kier alpha value is -1.55. The topological polar surface area (TPSA) is 50.4 Å². The summed E-state index contributed by atoms with van der Waals surface area (Å²) in [5.41, 5.74) is 1.15. The summed E-state index contributed by atoms with van der Waals surface area (Å²) >= 11 is 0. The van der Waals surface area contributed by atoms with Crippen LogP contribution < -0.4 is 15.4 Å². The van der Waals surface area contributed by atoms with Crippen molar-refractivity contribution >= 4 is 5.91 Å². The van der Waals surface area contributed by atoms with Crippen molar-refractivity contribution in [3.05, 3.63) is 29.8 Å². The fraction of sp³-hybridized carbons (Fsp3) is 0.632. The summed E-state index contributed by atoms with van der Waals surface area (Å²) in [5, 5.41) is 6.58. The highest BCUT2D eigenvalue weighted by atomic mass is 16.5. The van der Waals surface area contributed by atoms with Crippen LogP contribution in [0, 0.1) is 11.8 Å². The van der Waals surface area contributed by atoms with E-state index in [1.807, 2.05) is 18.2 Å². The molecule has 1 saturated heterocycles. The molecule has 1 amide bonds. The van der Waals surface area contributed by atoms with Gasteiger partial charge < -0.3 is 15.4 Å². The van der Waals surface area contributed by atoms with E-state index in [0.29, 0.717) is 18.3 Å². The largest absolute Gasteiger partial charge is 0.496 e. The van der Waals surface area contributed by atoms with Crippen molar-refractivity contribution in [2.75, 3.05) is 20.2 Å². The van der Waals surface area contributed by atoms with E-state index in [2.05, 4.69) is 30.5 Å². The van der Waals surface area contributed by atoms with Crippen molar-refractivity contribution in [2.24, 2.45) is 11.8 Å². The lowest BCUT2D eigenvalue weighted by Gasteiger charge is -2.24. The van der Waals surface area contributed by atoms with Gasteiger partial charge in [-0.2, -0.15) is 0 Å². The fourth-order valence-corrected chi connectivity index (χ4v) is 3.14. The third-order valence-corrected chi connectivity index (χ3v) is 4.73. The highest BCUT2D eigenvalue weighted by Crippen LogP contribution is 2.21. The Bertz CT molecular complexity index is 496. The molecule has 1 aromatic rings. The predicted octanol–water partition coefficient (Wildman–Crippen LogP) is 2.77. The van der Waals surface area contributed by atoms with Gasteiger partial charge >= 0.3 is 0 Å². The average Bonchev–Trinajstić information content (AvgIpc) is 3.06. The van der Waals surface area contributed by atoms with Crippen LogP contribution in [-0.4, -0.2) is 32.1 Å². The molecule has 1 fully saturated rings. The first-order chi connectivity index (χ1) is 11.1. The first-order valence-corrected chi connectivity index (χ1v) is 8.72. The van der Waals surface area contributed by atoms with Crippen molar-refractivity contribution in [2.45, 2.75) is 45.6 Å². The van der Waals surface area contributed by atoms with Crippen LogP contribution in [0.5, 0.6) is 5.75 Å². The molecule has 0 bridgehead atoms. The Kier molecular flexibility index (Phi) is 6.90. The van der Waals surface area contributed by atoms with Crippen LogP contribution in [0.25, 0.3) is 0 Å². The van der Waals surface area contributed by atoms with Crippen LogP contribution >= 0.6 is 0 Å². The molecular weight excluding hydrogens is 288 g/mol. The summed E-state index contributed by atoms with van der Waals surface area (Å²) in [5.74, 6) is 2.11. The first-order valence-electron chi connectivity index (χ1n) is 8.72. The van der Waals surface area contributed by atoms with Gasteiger partial charge in [-0.1, -0.05) is 32.0 Å². The summed E-state index contributed by atoms with van der Waals surface area (Å²) in [6.45, 7) is 6.46. The molecule has 0 aliphatic carbocycles. The molecule has 1 aliphatic heterocycles. The molecule has 0 spiro atoms. The van der Waals surface area contributed by atoms with Gasteiger partial charge in [0.05, 0.1) is 7.11 Å². The van der Waals surface area contributed by atoms with E-state index in [-0.39, 0.29) is 11.9 Å². The Morgan fingerprint density at radius 1 is 1.39 bits per heavy atom. The number of ether oxygens (including phenoxy) is 1. The van der Waals surface area contributed by atoms with Gasteiger partial charge in [-0.3, -0.25) is 4.79 Å². The quantitative estimate of drug-likeness (QED) is 0.775. The highest BCUT2D eigenvalue weighted by molar-refractivity contribution is 5.76. The zero-order valence-corrected chi connectivity index (χ0v) is 14.6. The number of carbonyl (C=O) groups excluding carboxylic acids is 1. The van der Waals surface area contributed by atoms with Gasteiger partial charge in [0.15, 0.2) is 0 Å². The molecule has 2 rings (SSSR count). The van der Waals surface area contributed by atoms with Crippen molar-refractivity contribution in [3.63, 3.8) is 0 Å². The standard InChI is InChI=1S/C19H30N2O2/c1-14(2)17(12-16-6-4-5-7-18(16)23-3)21-19(22)9-8-15-10-11-20-13-15/h4-7,14-15,17,20H,8-13H2,1-3H3,(H,21,22). The number of benzene rings is 1. The van der Waals surface area contributed by atoms with Crippen LogP contribution in [0.1, 0.15) is 38.7 Å². The van der Waals surface area contributed by atoms with Gasteiger partial charge in [-0.05, 0) is 55.8 Å². The summed E-state index contributed by atoms with van der Waals surface area (Å²) < 4.78 is 5.43. The molecule has 128 valence electrons. The smallest absolute Gasteiger partial charge is 0.220 e. The predicted molar refractivity (Wildman–Crippen MR) is 93.7 cm³/mol. The summed E-state index contributed by atoms with van der Waals surface area (Å²) in [7, 11) is 1.69. The number of amides is 1. The Morgan fingerprint density at radius 3 is 2.83 bits per heavy atom. The molecular formula is C19H30N2O2. The second-order valence-electron chi connectivity index (χ2n) is 6.83. The summed E-state index contributed by atoms with van der Waals surface area (Å²) in [4.78, 5) is 12.3. The number of nitrogens with one attached hydrogen (secondary N) is 2. The number of rotatable bonds is 8. The van der Waals surface area contributed by atoms with Gasteiger partial charge in [0.25, 0.3) is 0 Å². The third-order valence-electron chi connectivity index (χ3n) is 4.73. The SMILES string of the molecule is COc1ccccc1CC(NC(=O)CCC1CCNC1)C(C)C. The minimum absolute atomic E-state index is 0.139. The van der Waals surface area contributed by atoms with Crippen molar-refractivity contribution < 1.29 is 9.53 Å². The molecule has 2 N–H and O–H groups in total. The van der Waals surface area contributed by atoms with Gasteiger partial charge in [-0.25, -0.2) is 0 Å². The molecule has 2 unspecified atom stereocenters.